The fraction of sp³-hybridized carbons (Fsp3) is 0.938. The first-order valence-corrected chi connectivity index (χ1v) is 8.35. The molecule has 0 heterocycles. The summed E-state index contributed by atoms with van der Waals surface area (Å²) in [7, 11) is 0. The largest absolute Gasteiger partial charge is 0.351 e. The zero-order chi connectivity index (χ0) is 15.0. The fourth-order valence-electron chi connectivity index (χ4n) is 3.15. The van der Waals surface area contributed by atoms with Crippen LogP contribution in [0.4, 0.5) is 0 Å². The van der Waals surface area contributed by atoms with Crippen LogP contribution in [0.1, 0.15) is 59.3 Å². The van der Waals surface area contributed by atoms with E-state index in [1.54, 1.807) is 0 Å². The van der Waals surface area contributed by atoms with Gasteiger partial charge in [-0.15, -0.1) is 0 Å². The van der Waals surface area contributed by atoms with Crippen molar-refractivity contribution in [3.63, 3.8) is 0 Å². The summed E-state index contributed by atoms with van der Waals surface area (Å²) in [4.78, 5) is 14.4. The molecule has 0 aliphatic heterocycles. The van der Waals surface area contributed by atoms with Crippen LogP contribution < -0.4 is 11.1 Å². The van der Waals surface area contributed by atoms with E-state index in [1.165, 1.54) is 32.1 Å². The van der Waals surface area contributed by atoms with E-state index in [1.807, 2.05) is 0 Å². The summed E-state index contributed by atoms with van der Waals surface area (Å²) in [6, 6.07) is -0.169. The van der Waals surface area contributed by atoms with Gasteiger partial charge in [0.05, 0.1) is 6.04 Å². The number of hydrogen-bond acceptors (Lipinski definition) is 3. The predicted molar refractivity (Wildman–Crippen MR) is 84.6 cm³/mol. The summed E-state index contributed by atoms with van der Waals surface area (Å²) in [5, 5.41) is 3.06. The number of amides is 1. The minimum Gasteiger partial charge on any atom is -0.351 e. The number of rotatable bonds is 8. The predicted octanol–water partition coefficient (Wildman–Crippen LogP) is 2.13. The zero-order valence-corrected chi connectivity index (χ0v) is 13.5. The smallest absolute Gasteiger partial charge is 0.237 e. The summed E-state index contributed by atoms with van der Waals surface area (Å²) in [5.41, 5.74) is 6.07. The Bertz CT molecular complexity index is 273. The number of hydrogen-bond donors (Lipinski definition) is 2. The first kappa shape index (κ1) is 17.4. The molecule has 0 saturated heterocycles. The minimum atomic E-state index is -0.336. The van der Waals surface area contributed by atoms with E-state index in [4.69, 9.17) is 5.73 Å². The molecule has 3 N–H and O–H groups in total. The van der Waals surface area contributed by atoms with Crippen molar-refractivity contribution in [2.24, 2.45) is 11.7 Å². The lowest BCUT2D eigenvalue weighted by molar-refractivity contribution is -0.123. The van der Waals surface area contributed by atoms with Gasteiger partial charge in [0.1, 0.15) is 0 Å². The number of nitrogens with two attached hydrogens (primary N) is 1. The van der Waals surface area contributed by atoms with Gasteiger partial charge in [-0.2, -0.15) is 0 Å². The quantitative estimate of drug-likeness (QED) is 0.717. The van der Waals surface area contributed by atoms with E-state index < -0.39 is 0 Å². The Balaban J connectivity index is 2.29. The van der Waals surface area contributed by atoms with Gasteiger partial charge in [-0.05, 0) is 32.4 Å². The molecule has 20 heavy (non-hydrogen) atoms. The van der Waals surface area contributed by atoms with Crippen LogP contribution in [0.2, 0.25) is 0 Å². The Hall–Kier alpha value is -0.610. The standard InChI is InChI=1S/C16H33N3O/c1-4-19(5-2)12-13(3)18-16(20)15(17)11-14-9-7-6-8-10-14/h13-15H,4-12,17H2,1-3H3,(H,18,20). The van der Waals surface area contributed by atoms with Gasteiger partial charge >= 0.3 is 0 Å². The molecule has 0 aromatic rings. The molecule has 0 aromatic carbocycles. The third-order valence-corrected chi connectivity index (χ3v) is 4.46. The SMILES string of the molecule is CCN(CC)CC(C)NC(=O)C(N)CC1CCCCC1. The molecular formula is C16H33N3O. The van der Waals surface area contributed by atoms with E-state index in [9.17, 15) is 4.79 Å². The van der Waals surface area contributed by atoms with Crippen molar-refractivity contribution in [2.45, 2.75) is 71.4 Å². The first-order chi connectivity index (χ1) is 9.56. The molecule has 118 valence electrons. The molecule has 1 aliphatic rings. The lowest BCUT2D eigenvalue weighted by atomic mass is 9.85. The van der Waals surface area contributed by atoms with E-state index >= 15 is 0 Å². The van der Waals surface area contributed by atoms with Crippen molar-refractivity contribution in [1.82, 2.24) is 10.2 Å². The monoisotopic (exact) mass is 283 g/mol. The lowest BCUT2D eigenvalue weighted by Gasteiger charge is -2.27. The van der Waals surface area contributed by atoms with Crippen molar-refractivity contribution >= 4 is 5.91 Å². The second-order valence-electron chi connectivity index (χ2n) is 6.24. The first-order valence-electron chi connectivity index (χ1n) is 8.35. The van der Waals surface area contributed by atoms with Crippen molar-refractivity contribution in [2.75, 3.05) is 19.6 Å². The van der Waals surface area contributed by atoms with Gasteiger partial charge in [-0.1, -0.05) is 46.0 Å². The molecule has 1 saturated carbocycles. The highest BCUT2D eigenvalue weighted by Crippen LogP contribution is 2.26. The van der Waals surface area contributed by atoms with Crippen molar-refractivity contribution in [3.05, 3.63) is 0 Å². The van der Waals surface area contributed by atoms with Crippen LogP contribution in [0.15, 0.2) is 0 Å². The number of carbonyl (C=O) groups is 1. The maximum atomic E-state index is 12.1. The van der Waals surface area contributed by atoms with E-state index in [0.717, 1.165) is 26.1 Å². The molecule has 4 heteroatoms. The average Bonchev–Trinajstić information content (AvgIpc) is 2.45. The summed E-state index contributed by atoms with van der Waals surface area (Å²) < 4.78 is 0. The van der Waals surface area contributed by atoms with Crippen molar-refractivity contribution in [3.8, 4) is 0 Å². The van der Waals surface area contributed by atoms with Crippen LogP contribution in [-0.4, -0.2) is 42.5 Å². The van der Waals surface area contributed by atoms with Crippen LogP contribution in [0.3, 0.4) is 0 Å². The molecule has 1 fully saturated rings. The average molecular weight is 283 g/mol. The Morgan fingerprint density at radius 2 is 1.85 bits per heavy atom. The summed E-state index contributed by atoms with van der Waals surface area (Å²) in [6.07, 6.45) is 7.30. The van der Waals surface area contributed by atoms with E-state index in [-0.39, 0.29) is 18.0 Å². The van der Waals surface area contributed by atoms with Crippen molar-refractivity contribution in [1.29, 1.82) is 0 Å². The van der Waals surface area contributed by atoms with Crippen LogP contribution in [0, 0.1) is 5.92 Å². The van der Waals surface area contributed by atoms with Crippen LogP contribution in [0.25, 0.3) is 0 Å². The molecule has 4 nitrogen and oxygen atoms in total. The lowest BCUT2D eigenvalue weighted by Crippen LogP contribution is -2.48. The molecule has 2 unspecified atom stereocenters. The molecule has 2 atom stereocenters. The summed E-state index contributed by atoms with van der Waals surface area (Å²) >= 11 is 0. The third kappa shape index (κ3) is 6.23. The normalized spacial score (nSPS) is 19.9. The van der Waals surface area contributed by atoms with Gasteiger partial charge in [-0.3, -0.25) is 4.79 Å². The van der Waals surface area contributed by atoms with Gasteiger partial charge in [0.15, 0.2) is 0 Å². The molecular weight excluding hydrogens is 250 g/mol. The van der Waals surface area contributed by atoms with Crippen molar-refractivity contribution < 1.29 is 4.79 Å². The number of nitrogens with one attached hydrogen (secondary N) is 1. The van der Waals surface area contributed by atoms with Gasteiger partial charge in [-0.25, -0.2) is 0 Å². The molecule has 1 aliphatic carbocycles. The minimum absolute atomic E-state index is 0.0234. The zero-order valence-electron chi connectivity index (χ0n) is 13.5. The second kappa shape index (κ2) is 9.35. The van der Waals surface area contributed by atoms with Gasteiger partial charge in [0, 0.05) is 12.6 Å². The maximum Gasteiger partial charge on any atom is 0.237 e. The highest BCUT2D eigenvalue weighted by molar-refractivity contribution is 5.81. The number of nitrogens with zero attached hydrogens (tertiary/aromatic N) is 1. The Morgan fingerprint density at radius 3 is 2.40 bits per heavy atom. The number of carbonyl (C=O) groups excluding carboxylic acids is 1. The van der Waals surface area contributed by atoms with Gasteiger partial charge in [0.25, 0.3) is 0 Å². The highest BCUT2D eigenvalue weighted by Gasteiger charge is 2.22. The summed E-state index contributed by atoms with van der Waals surface area (Å²) in [5.74, 6) is 0.679. The molecule has 1 amide bonds. The van der Waals surface area contributed by atoms with Crippen LogP contribution >= 0.6 is 0 Å². The molecule has 0 radical (unpaired) electrons. The summed E-state index contributed by atoms with van der Waals surface area (Å²) in [6.45, 7) is 9.29. The molecule has 0 bridgehead atoms. The fourth-order valence-corrected chi connectivity index (χ4v) is 3.15. The van der Waals surface area contributed by atoms with Gasteiger partial charge < -0.3 is 16.0 Å². The highest BCUT2D eigenvalue weighted by atomic mass is 16.2. The van der Waals surface area contributed by atoms with E-state index in [0.29, 0.717) is 5.92 Å². The molecule has 0 spiro atoms. The topological polar surface area (TPSA) is 58.4 Å². The Kier molecular flexibility index (Phi) is 8.15. The van der Waals surface area contributed by atoms with Gasteiger partial charge in [0.2, 0.25) is 5.91 Å². The Morgan fingerprint density at radius 1 is 1.25 bits per heavy atom. The maximum absolute atomic E-state index is 12.1. The molecule has 1 rings (SSSR count). The van der Waals surface area contributed by atoms with Crippen LogP contribution in [-0.2, 0) is 4.79 Å². The van der Waals surface area contributed by atoms with E-state index in [2.05, 4.69) is 31.0 Å². The number of likely N-dealkylation sites (N-methyl/N-ethyl adjacent to an activating group) is 1. The third-order valence-electron chi connectivity index (χ3n) is 4.46. The molecule has 0 aromatic heterocycles. The van der Waals surface area contributed by atoms with Crippen LogP contribution in [0.5, 0.6) is 0 Å². The second-order valence-corrected chi connectivity index (χ2v) is 6.24. The Labute approximate surface area is 124 Å².